The number of benzene rings is 2. The van der Waals surface area contributed by atoms with Crippen molar-refractivity contribution in [3.8, 4) is 5.75 Å². The highest BCUT2D eigenvalue weighted by molar-refractivity contribution is 6.33. The highest BCUT2D eigenvalue weighted by Crippen LogP contribution is 2.35. The van der Waals surface area contributed by atoms with E-state index in [0.717, 1.165) is 0 Å². The highest BCUT2D eigenvalue weighted by Gasteiger charge is 2.22. The molecule has 0 radical (unpaired) electrons. The fourth-order valence-corrected chi connectivity index (χ4v) is 3.49. The predicted molar refractivity (Wildman–Crippen MR) is 125 cm³/mol. The van der Waals surface area contributed by atoms with Gasteiger partial charge < -0.3 is 25.8 Å². The molecule has 0 saturated carbocycles. The Kier molecular flexibility index (Phi) is 6.45. The molecule has 1 aliphatic rings. The van der Waals surface area contributed by atoms with Gasteiger partial charge in [0, 0.05) is 25.3 Å². The minimum absolute atomic E-state index is 0.248. The van der Waals surface area contributed by atoms with Crippen LogP contribution in [0.5, 0.6) is 5.75 Å². The Bertz CT molecular complexity index is 1210. The molecule has 1 aromatic heterocycles. The minimum atomic E-state index is -1.03. The first-order valence-corrected chi connectivity index (χ1v) is 10.5. The summed E-state index contributed by atoms with van der Waals surface area (Å²) in [5, 5.41) is 18.5. The molecular weight excluding hydrogens is 448 g/mol. The van der Waals surface area contributed by atoms with Crippen LogP contribution < -0.4 is 25.6 Å². The van der Waals surface area contributed by atoms with Crippen molar-refractivity contribution >= 4 is 52.4 Å². The summed E-state index contributed by atoms with van der Waals surface area (Å²) in [4.78, 5) is 33.6. The molecule has 0 spiro atoms. The third-order valence-electron chi connectivity index (χ3n) is 4.92. The number of rotatable bonds is 5. The third kappa shape index (κ3) is 4.90. The van der Waals surface area contributed by atoms with Crippen molar-refractivity contribution < 1.29 is 19.4 Å². The lowest BCUT2D eigenvalue weighted by atomic mass is 10.1. The van der Waals surface area contributed by atoms with Crippen LogP contribution in [0, 0.1) is 0 Å². The molecule has 170 valence electrons. The van der Waals surface area contributed by atoms with Gasteiger partial charge in [-0.2, -0.15) is 4.98 Å². The number of nitrogens with one attached hydrogen (secondary N) is 3. The van der Waals surface area contributed by atoms with Gasteiger partial charge in [-0.15, -0.1) is 0 Å². The van der Waals surface area contributed by atoms with Gasteiger partial charge in [-0.3, -0.25) is 9.69 Å². The zero-order valence-corrected chi connectivity index (χ0v) is 18.4. The summed E-state index contributed by atoms with van der Waals surface area (Å²) in [5.74, 6) is 0.769. The highest BCUT2D eigenvalue weighted by atomic mass is 35.5. The zero-order chi connectivity index (χ0) is 23.4. The number of nitrogens with zero attached hydrogens (tertiary/aromatic N) is 3. The van der Waals surface area contributed by atoms with Gasteiger partial charge in [0.25, 0.3) is 5.91 Å². The lowest BCUT2D eigenvalue weighted by Crippen LogP contribution is -2.29. The number of hydrogen-bond acceptors (Lipinski definition) is 7. The SMILES string of the molecule is CNC(=O)c1ccccc1Nc1nc(Nc2ccc3c(c2)OCCCN3C(=O)O)ncc1Cl. The van der Waals surface area contributed by atoms with Crippen molar-refractivity contribution in [3.05, 3.63) is 59.2 Å². The van der Waals surface area contributed by atoms with Crippen LogP contribution in [0.15, 0.2) is 48.7 Å². The molecule has 2 amide bonds. The van der Waals surface area contributed by atoms with Gasteiger partial charge in [0.1, 0.15) is 10.8 Å². The van der Waals surface area contributed by atoms with E-state index < -0.39 is 6.09 Å². The molecule has 4 N–H and O–H groups in total. The van der Waals surface area contributed by atoms with E-state index in [1.165, 1.54) is 11.1 Å². The normalized spacial score (nSPS) is 12.7. The van der Waals surface area contributed by atoms with E-state index in [1.54, 1.807) is 49.5 Å². The molecule has 0 saturated heterocycles. The molecule has 0 atom stereocenters. The minimum Gasteiger partial charge on any atom is -0.491 e. The van der Waals surface area contributed by atoms with Crippen molar-refractivity contribution in [2.75, 3.05) is 35.7 Å². The lowest BCUT2D eigenvalue weighted by Gasteiger charge is -2.18. The number of halogens is 1. The second-order valence-corrected chi connectivity index (χ2v) is 7.49. The van der Waals surface area contributed by atoms with Crippen LogP contribution in [-0.4, -0.2) is 47.3 Å². The number of amides is 2. The van der Waals surface area contributed by atoms with E-state index in [-0.39, 0.29) is 16.9 Å². The largest absolute Gasteiger partial charge is 0.491 e. The Morgan fingerprint density at radius 2 is 2.00 bits per heavy atom. The van der Waals surface area contributed by atoms with Gasteiger partial charge in [0.2, 0.25) is 5.95 Å². The van der Waals surface area contributed by atoms with E-state index >= 15 is 0 Å². The van der Waals surface area contributed by atoms with Crippen molar-refractivity contribution in [2.24, 2.45) is 0 Å². The first kappa shape index (κ1) is 22.2. The summed E-state index contributed by atoms with van der Waals surface area (Å²) < 4.78 is 5.72. The standard InChI is InChI=1S/C22H21ClN6O4/c1-24-20(30)14-5-2-3-6-16(14)27-19-15(23)12-25-21(28-19)26-13-7-8-17-18(11-13)33-10-4-9-29(17)22(31)32/h2-3,5-8,11-12H,4,9-10H2,1H3,(H,24,30)(H,31,32)(H2,25,26,27,28). The monoisotopic (exact) mass is 468 g/mol. The lowest BCUT2D eigenvalue weighted by molar-refractivity contribution is 0.0964. The summed E-state index contributed by atoms with van der Waals surface area (Å²) in [6.07, 6.45) is 1.00. The van der Waals surface area contributed by atoms with E-state index in [4.69, 9.17) is 16.3 Å². The molecule has 2 aromatic carbocycles. The van der Waals surface area contributed by atoms with E-state index in [9.17, 15) is 14.7 Å². The number of para-hydroxylation sites is 1. The van der Waals surface area contributed by atoms with Crippen LogP contribution in [-0.2, 0) is 0 Å². The van der Waals surface area contributed by atoms with Gasteiger partial charge in [-0.05, 0) is 30.7 Å². The Hall–Kier alpha value is -4.05. The van der Waals surface area contributed by atoms with Gasteiger partial charge in [-0.25, -0.2) is 9.78 Å². The Morgan fingerprint density at radius 3 is 2.79 bits per heavy atom. The van der Waals surface area contributed by atoms with Crippen molar-refractivity contribution in [1.82, 2.24) is 15.3 Å². The molecule has 4 rings (SSSR count). The molecule has 2 heterocycles. The maximum atomic E-state index is 12.1. The topological polar surface area (TPSA) is 129 Å². The van der Waals surface area contributed by atoms with Crippen LogP contribution >= 0.6 is 11.6 Å². The average Bonchev–Trinajstić information content (AvgIpc) is 3.03. The predicted octanol–water partition coefficient (Wildman–Crippen LogP) is 4.24. The molecule has 1 aliphatic heterocycles. The fraction of sp³-hybridized carbons (Fsp3) is 0.182. The molecule has 0 bridgehead atoms. The molecular formula is C22H21ClN6O4. The second-order valence-electron chi connectivity index (χ2n) is 7.08. The summed E-state index contributed by atoms with van der Waals surface area (Å²) in [5.41, 5.74) is 2.07. The van der Waals surface area contributed by atoms with E-state index in [1.807, 2.05) is 0 Å². The van der Waals surface area contributed by atoms with Crippen LogP contribution in [0.4, 0.5) is 33.6 Å². The van der Waals surface area contributed by atoms with Crippen molar-refractivity contribution in [1.29, 1.82) is 0 Å². The van der Waals surface area contributed by atoms with Crippen molar-refractivity contribution in [3.63, 3.8) is 0 Å². The van der Waals surface area contributed by atoms with E-state index in [2.05, 4.69) is 25.9 Å². The first-order chi connectivity index (χ1) is 16.0. The molecule has 0 fully saturated rings. The third-order valence-corrected chi connectivity index (χ3v) is 5.19. The summed E-state index contributed by atoms with van der Waals surface area (Å²) in [6.45, 7) is 0.776. The number of carbonyl (C=O) groups excluding carboxylic acids is 1. The van der Waals surface area contributed by atoms with Crippen LogP contribution in [0.1, 0.15) is 16.8 Å². The summed E-state index contributed by atoms with van der Waals surface area (Å²) in [6, 6.07) is 12.1. The van der Waals surface area contributed by atoms with Crippen LogP contribution in [0.3, 0.4) is 0 Å². The van der Waals surface area contributed by atoms with Gasteiger partial charge in [0.05, 0.1) is 29.7 Å². The molecule has 0 aliphatic carbocycles. The van der Waals surface area contributed by atoms with Gasteiger partial charge >= 0.3 is 6.09 Å². The Labute approximate surface area is 194 Å². The summed E-state index contributed by atoms with van der Waals surface area (Å²) >= 11 is 6.28. The fourth-order valence-electron chi connectivity index (χ4n) is 3.35. The number of hydrogen-bond donors (Lipinski definition) is 4. The number of carbonyl (C=O) groups is 2. The number of carboxylic acid groups (broad SMARTS) is 1. The van der Waals surface area contributed by atoms with E-state index in [0.29, 0.717) is 53.8 Å². The quantitative estimate of drug-likeness (QED) is 0.437. The molecule has 3 aromatic rings. The molecule has 0 unspecified atom stereocenters. The maximum absolute atomic E-state index is 12.1. The smallest absolute Gasteiger partial charge is 0.411 e. The van der Waals surface area contributed by atoms with Gasteiger partial charge in [0.15, 0.2) is 5.82 Å². The average molecular weight is 469 g/mol. The Morgan fingerprint density at radius 1 is 1.18 bits per heavy atom. The molecule has 10 nitrogen and oxygen atoms in total. The zero-order valence-electron chi connectivity index (χ0n) is 17.6. The van der Waals surface area contributed by atoms with Crippen molar-refractivity contribution in [2.45, 2.75) is 6.42 Å². The van der Waals surface area contributed by atoms with Gasteiger partial charge in [-0.1, -0.05) is 23.7 Å². The number of anilines is 5. The summed E-state index contributed by atoms with van der Waals surface area (Å²) in [7, 11) is 1.55. The number of aromatic nitrogens is 2. The Balaban J connectivity index is 1.59. The maximum Gasteiger partial charge on any atom is 0.411 e. The molecule has 11 heteroatoms. The van der Waals surface area contributed by atoms with Crippen LogP contribution in [0.25, 0.3) is 0 Å². The number of fused-ring (bicyclic) bond motifs is 1. The second kappa shape index (κ2) is 9.61. The number of ether oxygens (including phenoxy) is 1. The first-order valence-electron chi connectivity index (χ1n) is 10.1. The molecule has 33 heavy (non-hydrogen) atoms. The van der Waals surface area contributed by atoms with Crippen LogP contribution in [0.2, 0.25) is 5.02 Å².